The lowest BCUT2D eigenvalue weighted by Gasteiger charge is -2.38. The van der Waals surface area contributed by atoms with Crippen molar-refractivity contribution in [2.45, 2.75) is 25.2 Å². The van der Waals surface area contributed by atoms with Crippen LogP contribution in [0.25, 0.3) is 5.82 Å². The van der Waals surface area contributed by atoms with Crippen LogP contribution in [-0.4, -0.2) is 39.7 Å². The Morgan fingerprint density at radius 3 is 2.50 bits per heavy atom. The van der Waals surface area contributed by atoms with Crippen LogP contribution in [0.1, 0.15) is 24.1 Å². The number of aryl methyl sites for hydroxylation is 1. The van der Waals surface area contributed by atoms with Crippen LogP contribution in [-0.2, 0) is 10.2 Å². The molecule has 1 aromatic carbocycles. The molecule has 0 amide bonds. The van der Waals surface area contributed by atoms with Gasteiger partial charge < -0.3 is 10.1 Å². The van der Waals surface area contributed by atoms with Crippen molar-refractivity contribution >= 4 is 5.82 Å². The summed E-state index contributed by atoms with van der Waals surface area (Å²) >= 11 is 0. The summed E-state index contributed by atoms with van der Waals surface area (Å²) in [6.07, 6.45) is 3.89. The first-order valence-corrected chi connectivity index (χ1v) is 8.99. The summed E-state index contributed by atoms with van der Waals surface area (Å²) in [6.45, 7) is 4.35. The molecule has 1 saturated heterocycles. The SMILES string of the molecule is Cc1ccn(-c2ccc(NCC3(c4ccccc4)CCOCC3)nn2)n1. The van der Waals surface area contributed by atoms with Gasteiger partial charge in [0.2, 0.25) is 0 Å². The molecule has 2 aromatic heterocycles. The van der Waals surface area contributed by atoms with Gasteiger partial charge in [0, 0.05) is 31.4 Å². The zero-order valence-corrected chi connectivity index (χ0v) is 14.9. The van der Waals surface area contributed by atoms with Crippen LogP contribution in [0.15, 0.2) is 54.7 Å². The van der Waals surface area contributed by atoms with Crippen molar-refractivity contribution in [3.05, 3.63) is 66.0 Å². The molecule has 3 aromatic rings. The van der Waals surface area contributed by atoms with Crippen molar-refractivity contribution in [3.8, 4) is 5.82 Å². The predicted molar refractivity (Wildman–Crippen MR) is 101 cm³/mol. The topological polar surface area (TPSA) is 64.9 Å². The Hall–Kier alpha value is -2.73. The number of nitrogens with one attached hydrogen (secondary N) is 1. The van der Waals surface area contributed by atoms with Gasteiger partial charge in [-0.25, -0.2) is 4.68 Å². The molecule has 0 spiro atoms. The average Bonchev–Trinajstić information content (AvgIpc) is 3.15. The van der Waals surface area contributed by atoms with Crippen LogP contribution < -0.4 is 5.32 Å². The molecule has 1 aliphatic heterocycles. The lowest BCUT2D eigenvalue weighted by atomic mass is 9.74. The van der Waals surface area contributed by atoms with E-state index in [1.807, 2.05) is 31.3 Å². The molecule has 0 unspecified atom stereocenters. The summed E-state index contributed by atoms with van der Waals surface area (Å²) in [5, 5.41) is 16.4. The fourth-order valence-electron chi connectivity index (χ4n) is 3.47. The molecule has 0 bridgehead atoms. The van der Waals surface area contributed by atoms with E-state index < -0.39 is 0 Å². The quantitative estimate of drug-likeness (QED) is 0.767. The molecule has 0 saturated carbocycles. The maximum atomic E-state index is 5.60. The smallest absolute Gasteiger partial charge is 0.175 e. The molecule has 1 fully saturated rings. The molecule has 0 aliphatic carbocycles. The monoisotopic (exact) mass is 349 g/mol. The summed E-state index contributed by atoms with van der Waals surface area (Å²) in [5.74, 6) is 1.49. The van der Waals surface area contributed by atoms with Gasteiger partial charge in [-0.3, -0.25) is 0 Å². The van der Waals surface area contributed by atoms with Crippen molar-refractivity contribution in [3.63, 3.8) is 0 Å². The van der Waals surface area contributed by atoms with Gasteiger partial charge in [-0.05, 0) is 43.5 Å². The van der Waals surface area contributed by atoms with Crippen molar-refractivity contribution < 1.29 is 4.74 Å². The minimum atomic E-state index is 0.0684. The summed E-state index contributed by atoms with van der Waals surface area (Å²) in [5.41, 5.74) is 2.38. The summed E-state index contributed by atoms with van der Waals surface area (Å²) in [4.78, 5) is 0. The molecule has 134 valence electrons. The molecule has 1 aliphatic rings. The number of hydrogen-bond acceptors (Lipinski definition) is 5. The molecule has 1 N–H and O–H groups in total. The number of nitrogens with zero attached hydrogens (tertiary/aromatic N) is 4. The number of benzene rings is 1. The number of rotatable bonds is 5. The van der Waals surface area contributed by atoms with Crippen molar-refractivity contribution in [1.82, 2.24) is 20.0 Å². The number of ether oxygens (including phenoxy) is 1. The van der Waals surface area contributed by atoms with E-state index in [0.29, 0.717) is 5.82 Å². The molecule has 0 atom stereocenters. The van der Waals surface area contributed by atoms with Crippen LogP contribution in [0.5, 0.6) is 0 Å². The largest absolute Gasteiger partial charge is 0.381 e. The highest BCUT2D eigenvalue weighted by Crippen LogP contribution is 2.34. The Morgan fingerprint density at radius 2 is 1.85 bits per heavy atom. The number of hydrogen-bond donors (Lipinski definition) is 1. The van der Waals surface area contributed by atoms with Gasteiger partial charge in [0.25, 0.3) is 0 Å². The first-order chi connectivity index (χ1) is 12.8. The lowest BCUT2D eigenvalue weighted by molar-refractivity contribution is 0.0543. The summed E-state index contributed by atoms with van der Waals surface area (Å²) in [6, 6.07) is 16.5. The van der Waals surface area contributed by atoms with E-state index in [9.17, 15) is 0 Å². The van der Waals surface area contributed by atoms with Gasteiger partial charge in [-0.2, -0.15) is 5.10 Å². The predicted octanol–water partition coefficient (Wildman–Crippen LogP) is 3.13. The lowest BCUT2D eigenvalue weighted by Crippen LogP contribution is -2.40. The molecule has 4 rings (SSSR count). The highest BCUT2D eigenvalue weighted by Gasteiger charge is 2.34. The number of aromatic nitrogens is 4. The minimum absolute atomic E-state index is 0.0684. The maximum absolute atomic E-state index is 5.60. The van der Waals surface area contributed by atoms with Crippen LogP contribution in [0.3, 0.4) is 0 Å². The maximum Gasteiger partial charge on any atom is 0.175 e. The Bertz CT molecular complexity index is 838. The minimum Gasteiger partial charge on any atom is -0.381 e. The zero-order chi connectivity index (χ0) is 17.8. The molecule has 0 radical (unpaired) electrons. The van der Waals surface area contributed by atoms with E-state index in [2.05, 4.69) is 50.9 Å². The highest BCUT2D eigenvalue weighted by atomic mass is 16.5. The first-order valence-electron chi connectivity index (χ1n) is 8.99. The first kappa shape index (κ1) is 16.7. The van der Waals surface area contributed by atoms with Crippen LogP contribution in [0, 0.1) is 6.92 Å². The third-order valence-electron chi connectivity index (χ3n) is 5.05. The second-order valence-electron chi connectivity index (χ2n) is 6.79. The summed E-state index contributed by atoms with van der Waals surface area (Å²) < 4.78 is 7.33. The van der Waals surface area contributed by atoms with Gasteiger partial charge in [0.05, 0.1) is 5.69 Å². The van der Waals surface area contributed by atoms with Gasteiger partial charge in [0.15, 0.2) is 5.82 Å². The van der Waals surface area contributed by atoms with E-state index in [1.165, 1.54) is 5.56 Å². The van der Waals surface area contributed by atoms with Gasteiger partial charge >= 0.3 is 0 Å². The third-order valence-corrected chi connectivity index (χ3v) is 5.05. The van der Waals surface area contributed by atoms with Crippen LogP contribution in [0.4, 0.5) is 5.82 Å². The normalized spacial score (nSPS) is 16.3. The highest BCUT2D eigenvalue weighted by molar-refractivity contribution is 5.38. The van der Waals surface area contributed by atoms with E-state index >= 15 is 0 Å². The Labute approximate surface area is 153 Å². The summed E-state index contributed by atoms with van der Waals surface area (Å²) in [7, 11) is 0. The van der Waals surface area contributed by atoms with E-state index in [4.69, 9.17) is 4.74 Å². The zero-order valence-electron chi connectivity index (χ0n) is 14.9. The Morgan fingerprint density at radius 1 is 1.04 bits per heavy atom. The molecular weight excluding hydrogens is 326 g/mol. The van der Waals surface area contributed by atoms with Crippen LogP contribution in [0.2, 0.25) is 0 Å². The standard InChI is InChI=1S/C20H23N5O/c1-16-9-12-25(24-16)19-8-7-18(22-23-19)21-15-20(10-13-26-14-11-20)17-5-3-2-4-6-17/h2-9,12H,10-11,13-15H2,1H3,(H,21,22). The van der Waals surface area contributed by atoms with E-state index in [0.717, 1.165) is 44.1 Å². The molecular formula is C20H23N5O. The van der Waals surface area contributed by atoms with Crippen molar-refractivity contribution in [2.75, 3.05) is 25.1 Å². The molecule has 6 nitrogen and oxygen atoms in total. The fraction of sp³-hybridized carbons (Fsp3) is 0.350. The van der Waals surface area contributed by atoms with Gasteiger partial charge in [0.1, 0.15) is 5.82 Å². The fourth-order valence-corrected chi connectivity index (χ4v) is 3.47. The van der Waals surface area contributed by atoms with Gasteiger partial charge in [-0.15, -0.1) is 10.2 Å². The Kier molecular flexibility index (Phi) is 4.67. The second-order valence-corrected chi connectivity index (χ2v) is 6.79. The van der Waals surface area contributed by atoms with Crippen molar-refractivity contribution in [1.29, 1.82) is 0 Å². The molecule has 26 heavy (non-hydrogen) atoms. The van der Waals surface area contributed by atoms with E-state index in [1.54, 1.807) is 4.68 Å². The molecule has 6 heteroatoms. The van der Waals surface area contributed by atoms with Gasteiger partial charge in [-0.1, -0.05) is 30.3 Å². The van der Waals surface area contributed by atoms with Crippen molar-refractivity contribution in [2.24, 2.45) is 0 Å². The number of anilines is 1. The Balaban J connectivity index is 1.49. The third kappa shape index (κ3) is 3.46. The van der Waals surface area contributed by atoms with E-state index in [-0.39, 0.29) is 5.41 Å². The molecule has 3 heterocycles. The average molecular weight is 349 g/mol. The van der Waals surface area contributed by atoms with Crippen LogP contribution >= 0.6 is 0 Å². The second kappa shape index (κ2) is 7.25.